The van der Waals surface area contributed by atoms with Crippen LogP contribution in [0.15, 0.2) is 64.3 Å². The van der Waals surface area contributed by atoms with Crippen LogP contribution in [0.25, 0.3) is 5.69 Å². The minimum atomic E-state index is -3.98. The smallest absolute Gasteiger partial charge is 0.271 e. The van der Waals surface area contributed by atoms with Gasteiger partial charge in [0.25, 0.3) is 5.56 Å². The van der Waals surface area contributed by atoms with Gasteiger partial charge in [-0.1, -0.05) is 0 Å². The second-order valence-electron chi connectivity index (χ2n) is 6.89. The number of piperazine rings is 1. The molecule has 0 atom stereocenters. The molecule has 162 valence electrons. The van der Waals surface area contributed by atoms with Crippen molar-refractivity contribution < 1.29 is 21.6 Å². The van der Waals surface area contributed by atoms with Crippen molar-refractivity contribution in [1.82, 2.24) is 14.1 Å². The van der Waals surface area contributed by atoms with Gasteiger partial charge in [0.2, 0.25) is 10.0 Å². The quantitative estimate of drug-likeness (QED) is 0.609. The number of aromatic nitrogens is 2. The maximum Gasteiger partial charge on any atom is 0.271 e. The van der Waals surface area contributed by atoms with Crippen LogP contribution in [-0.4, -0.2) is 48.7 Å². The maximum absolute atomic E-state index is 13.5. The van der Waals surface area contributed by atoms with Gasteiger partial charge in [0.1, 0.15) is 11.6 Å². The lowest BCUT2D eigenvalue weighted by molar-refractivity contribution is 0.382. The predicted molar refractivity (Wildman–Crippen MR) is 107 cm³/mol. The van der Waals surface area contributed by atoms with Gasteiger partial charge in [-0.15, -0.1) is 5.10 Å². The van der Waals surface area contributed by atoms with E-state index in [1.165, 1.54) is 40.7 Å². The molecule has 0 unspecified atom stereocenters. The SMILES string of the molecule is O=c1ccc(N2CCN(S(=O)(=O)c3ccc(F)c(F)c3)CC2)nn1-c1ccc(F)cc1. The van der Waals surface area contributed by atoms with Crippen molar-refractivity contribution in [2.24, 2.45) is 0 Å². The molecule has 1 saturated heterocycles. The molecule has 11 heteroatoms. The van der Waals surface area contributed by atoms with Crippen molar-refractivity contribution in [2.45, 2.75) is 4.90 Å². The zero-order valence-electron chi connectivity index (χ0n) is 16.1. The van der Waals surface area contributed by atoms with Crippen LogP contribution in [0.5, 0.6) is 0 Å². The molecule has 0 spiro atoms. The Morgan fingerprint density at radius 1 is 0.806 bits per heavy atom. The second-order valence-corrected chi connectivity index (χ2v) is 8.82. The predicted octanol–water partition coefficient (Wildman–Crippen LogP) is 2.16. The summed E-state index contributed by atoms with van der Waals surface area (Å²) < 4.78 is 67.6. The number of benzene rings is 2. The Balaban J connectivity index is 1.52. The molecule has 1 fully saturated rings. The van der Waals surface area contributed by atoms with Gasteiger partial charge in [-0.05, 0) is 48.5 Å². The van der Waals surface area contributed by atoms with E-state index in [1.807, 2.05) is 0 Å². The number of sulfonamides is 1. The van der Waals surface area contributed by atoms with E-state index < -0.39 is 33.0 Å². The maximum atomic E-state index is 13.5. The number of anilines is 1. The van der Waals surface area contributed by atoms with Crippen LogP contribution in [0, 0.1) is 17.5 Å². The van der Waals surface area contributed by atoms with Crippen LogP contribution in [0.4, 0.5) is 19.0 Å². The largest absolute Gasteiger partial charge is 0.353 e. The minimum Gasteiger partial charge on any atom is -0.353 e. The molecular weight excluding hydrogens is 433 g/mol. The third-order valence-electron chi connectivity index (χ3n) is 4.95. The van der Waals surface area contributed by atoms with E-state index in [9.17, 15) is 26.4 Å². The fraction of sp³-hybridized carbons (Fsp3) is 0.200. The third kappa shape index (κ3) is 4.19. The van der Waals surface area contributed by atoms with Gasteiger partial charge in [0.05, 0.1) is 10.6 Å². The lowest BCUT2D eigenvalue weighted by atomic mass is 10.3. The van der Waals surface area contributed by atoms with E-state index in [0.29, 0.717) is 17.6 Å². The standard InChI is InChI=1S/C20H17F3N4O3S/c21-14-1-3-15(4-2-14)27-20(28)8-7-19(24-27)25-9-11-26(12-10-25)31(29,30)16-5-6-17(22)18(23)13-16/h1-8,13H,9-12H2. The van der Waals surface area contributed by atoms with Gasteiger partial charge >= 0.3 is 0 Å². The van der Waals surface area contributed by atoms with Gasteiger partial charge < -0.3 is 4.90 Å². The summed E-state index contributed by atoms with van der Waals surface area (Å²) in [4.78, 5) is 13.7. The Bertz CT molecular complexity index is 1270. The first-order valence-electron chi connectivity index (χ1n) is 9.32. The third-order valence-corrected chi connectivity index (χ3v) is 6.84. The Morgan fingerprint density at radius 2 is 1.48 bits per heavy atom. The average Bonchev–Trinajstić information content (AvgIpc) is 2.77. The summed E-state index contributed by atoms with van der Waals surface area (Å²) >= 11 is 0. The van der Waals surface area contributed by atoms with E-state index in [0.717, 1.165) is 16.8 Å². The van der Waals surface area contributed by atoms with Crippen molar-refractivity contribution in [3.05, 3.63) is 82.4 Å². The molecular formula is C20H17F3N4O3S. The minimum absolute atomic E-state index is 0.0959. The van der Waals surface area contributed by atoms with Crippen molar-refractivity contribution in [3.8, 4) is 5.69 Å². The molecule has 1 aliphatic rings. The summed E-state index contributed by atoms with van der Waals surface area (Å²) in [7, 11) is -3.98. The highest BCUT2D eigenvalue weighted by Gasteiger charge is 2.29. The van der Waals surface area contributed by atoms with Crippen molar-refractivity contribution in [3.63, 3.8) is 0 Å². The molecule has 4 rings (SSSR count). The van der Waals surface area contributed by atoms with Gasteiger partial charge in [-0.3, -0.25) is 4.79 Å². The van der Waals surface area contributed by atoms with Crippen molar-refractivity contribution >= 4 is 15.8 Å². The number of hydrogen-bond acceptors (Lipinski definition) is 5. The highest BCUT2D eigenvalue weighted by molar-refractivity contribution is 7.89. The molecule has 1 aromatic heterocycles. The molecule has 0 amide bonds. The lowest BCUT2D eigenvalue weighted by Gasteiger charge is -2.34. The zero-order chi connectivity index (χ0) is 22.2. The molecule has 2 heterocycles. The summed E-state index contributed by atoms with van der Waals surface area (Å²) in [5.41, 5.74) is 0.00251. The first-order valence-corrected chi connectivity index (χ1v) is 10.8. The molecule has 2 aromatic carbocycles. The lowest BCUT2D eigenvalue weighted by Crippen LogP contribution is -2.49. The number of rotatable bonds is 4. The summed E-state index contributed by atoms with van der Waals surface area (Å²) in [6.07, 6.45) is 0. The van der Waals surface area contributed by atoms with Crippen molar-refractivity contribution in [1.29, 1.82) is 0 Å². The van der Waals surface area contributed by atoms with E-state index >= 15 is 0 Å². The van der Waals surface area contributed by atoms with Gasteiger partial charge in [-0.2, -0.15) is 8.99 Å². The van der Waals surface area contributed by atoms with Crippen LogP contribution in [0.2, 0.25) is 0 Å². The van der Waals surface area contributed by atoms with Crippen LogP contribution in [0.3, 0.4) is 0 Å². The second kappa shape index (κ2) is 8.16. The van der Waals surface area contributed by atoms with E-state index in [4.69, 9.17) is 0 Å². The molecule has 7 nitrogen and oxygen atoms in total. The Kier molecular flexibility index (Phi) is 5.54. The zero-order valence-corrected chi connectivity index (χ0v) is 16.9. The Morgan fingerprint density at radius 3 is 2.13 bits per heavy atom. The number of hydrogen-bond donors (Lipinski definition) is 0. The molecule has 0 saturated carbocycles. The highest BCUT2D eigenvalue weighted by Crippen LogP contribution is 2.21. The van der Waals surface area contributed by atoms with E-state index in [2.05, 4.69) is 5.10 Å². The molecule has 0 aliphatic carbocycles. The molecule has 31 heavy (non-hydrogen) atoms. The van der Waals surface area contributed by atoms with Crippen LogP contribution < -0.4 is 10.5 Å². The summed E-state index contributed by atoms with van der Waals surface area (Å²) in [5, 5.41) is 4.31. The first-order chi connectivity index (χ1) is 14.8. The normalized spacial score (nSPS) is 15.3. The van der Waals surface area contributed by atoms with Crippen LogP contribution in [-0.2, 0) is 10.0 Å². The van der Waals surface area contributed by atoms with Gasteiger partial charge in [0.15, 0.2) is 11.6 Å². The molecule has 3 aromatic rings. The molecule has 0 bridgehead atoms. The first kappa shape index (κ1) is 21.1. The fourth-order valence-corrected chi connectivity index (χ4v) is 4.72. The van der Waals surface area contributed by atoms with Crippen molar-refractivity contribution in [2.75, 3.05) is 31.1 Å². The summed E-state index contributed by atoms with van der Waals surface area (Å²) in [5.74, 6) is -2.33. The topological polar surface area (TPSA) is 75.5 Å². The summed E-state index contributed by atoms with van der Waals surface area (Å²) in [6, 6.07) is 10.6. The summed E-state index contributed by atoms with van der Waals surface area (Å²) in [6.45, 7) is 0.742. The average molecular weight is 450 g/mol. The van der Waals surface area contributed by atoms with Gasteiger partial charge in [-0.25, -0.2) is 21.6 Å². The Hall–Kier alpha value is -3.18. The fourth-order valence-electron chi connectivity index (χ4n) is 3.28. The number of nitrogens with zero attached hydrogens (tertiary/aromatic N) is 4. The monoisotopic (exact) mass is 450 g/mol. The molecule has 0 N–H and O–H groups in total. The molecule has 1 aliphatic heterocycles. The highest BCUT2D eigenvalue weighted by atomic mass is 32.2. The Labute approximate surface area is 176 Å². The van der Waals surface area contributed by atoms with Crippen LogP contribution >= 0.6 is 0 Å². The van der Waals surface area contributed by atoms with E-state index in [1.54, 1.807) is 4.90 Å². The van der Waals surface area contributed by atoms with Gasteiger partial charge in [0, 0.05) is 32.2 Å². The molecule has 0 radical (unpaired) electrons. The number of halogens is 3. The van der Waals surface area contributed by atoms with Crippen LogP contribution in [0.1, 0.15) is 0 Å². The van der Waals surface area contributed by atoms with E-state index in [-0.39, 0.29) is 31.1 Å².